The van der Waals surface area contributed by atoms with Gasteiger partial charge in [-0.2, -0.15) is 0 Å². The van der Waals surface area contributed by atoms with Crippen molar-refractivity contribution < 1.29 is 76.6 Å². The number of hydrogen-bond acceptors (Lipinski definition) is 16. The molecule has 0 atom stereocenters. The lowest BCUT2D eigenvalue weighted by Gasteiger charge is -2.36. The minimum absolute atomic E-state index is 0.0187. The van der Waals surface area contributed by atoms with Crippen LogP contribution < -0.4 is 47.4 Å². The van der Waals surface area contributed by atoms with E-state index in [4.69, 9.17) is 56.8 Å². The number of esters is 2. The van der Waals surface area contributed by atoms with E-state index in [1.165, 1.54) is 12.1 Å². The molecular weight excluding hydrogens is 1120 g/mol. The van der Waals surface area contributed by atoms with Crippen LogP contribution in [0.3, 0.4) is 0 Å². The molecular formula is C72H56O16. The molecule has 4 heterocycles. The van der Waals surface area contributed by atoms with E-state index in [0.29, 0.717) is 117 Å². The predicted molar refractivity (Wildman–Crippen MR) is 322 cm³/mol. The van der Waals surface area contributed by atoms with Crippen LogP contribution in [0, 0.1) is 0 Å². The van der Waals surface area contributed by atoms with E-state index in [0.717, 1.165) is 45.3 Å². The van der Waals surface area contributed by atoms with Crippen molar-refractivity contribution >= 4 is 11.9 Å². The largest absolute Gasteiger partial charge is 0.508 e. The molecule has 4 aliphatic rings. The fraction of sp³-hybridized carbons (Fsp3) is 0.139. The van der Waals surface area contributed by atoms with Gasteiger partial charge in [0.1, 0.15) is 107 Å². The Kier molecular flexibility index (Phi) is 14.8. The summed E-state index contributed by atoms with van der Waals surface area (Å²) in [5.74, 6) is 6.25. The molecule has 14 rings (SSSR count). The van der Waals surface area contributed by atoms with Crippen LogP contribution in [0.25, 0.3) is 0 Å². The van der Waals surface area contributed by atoms with Crippen LogP contribution in [-0.2, 0) is 47.1 Å². The van der Waals surface area contributed by atoms with Crippen LogP contribution in [0.4, 0.5) is 0 Å². The highest BCUT2D eigenvalue weighted by Crippen LogP contribution is 2.59. The third kappa shape index (κ3) is 10.5. The molecule has 16 heteroatoms. The van der Waals surface area contributed by atoms with Crippen molar-refractivity contribution in [3.05, 3.63) is 273 Å². The number of carbonyl (C=O) groups excluding carboxylic acids is 2. The first kappa shape index (κ1) is 55.9. The number of aromatic hydroxyl groups is 2. The maximum Gasteiger partial charge on any atom is 0.340 e. The van der Waals surface area contributed by atoms with Crippen LogP contribution >= 0.6 is 0 Å². The number of hydrogen-bond donors (Lipinski definition) is 2. The highest BCUT2D eigenvalue weighted by molar-refractivity contribution is 5.98. The minimum atomic E-state index is -1.34. The number of benzene rings is 10. The smallest absolute Gasteiger partial charge is 0.340 e. The maximum atomic E-state index is 13.2. The van der Waals surface area contributed by atoms with E-state index < -0.39 is 23.1 Å². The average Bonchev–Trinajstić information content (AvgIpc) is 1.48. The van der Waals surface area contributed by atoms with Crippen LogP contribution in [0.5, 0.6) is 80.5 Å². The summed E-state index contributed by atoms with van der Waals surface area (Å²) in [4.78, 5) is 26.4. The zero-order chi connectivity index (χ0) is 60.5. The zero-order valence-electron chi connectivity index (χ0n) is 48.1. The summed E-state index contributed by atoms with van der Waals surface area (Å²) in [5, 5.41) is 20.6. The Morgan fingerprint density at radius 2 is 0.591 bits per heavy atom. The Bertz CT molecular complexity index is 4070. The summed E-state index contributed by atoms with van der Waals surface area (Å²) in [6.07, 6.45) is 0. The van der Waals surface area contributed by atoms with E-state index in [1.54, 1.807) is 77.0 Å². The van der Waals surface area contributed by atoms with Gasteiger partial charge >= 0.3 is 11.9 Å². The lowest BCUT2D eigenvalue weighted by Crippen LogP contribution is -2.33. The third-order valence-corrected chi connectivity index (χ3v) is 15.7. The van der Waals surface area contributed by atoms with Crippen LogP contribution in [0.1, 0.15) is 76.4 Å². The highest BCUT2D eigenvalue weighted by atomic mass is 16.6. The van der Waals surface area contributed by atoms with Gasteiger partial charge in [0.05, 0.1) is 39.6 Å². The van der Waals surface area contributed by atoms with Crippen LogP contribution in [-0.4, -0.2) is 50.6 Å². The third-order valence-electron chi connectivity index (χ3n) is 15.7. The highest BCUT2D eigenvalue weighted by Gasteiger charge is 2.55. The van der Waals surface area contributed by atoms with Gasteiger partial charge in [0.2, 0.25) is 0 Å². The summed E-state index contributed by atoms with van der Waals surface area (Å²) in [7, 11) is 6.51. The van der Waals surface area contributed by atoms with Gasteiger partial charge in [0.25, 0.3) is 0 Å². The van der Waals surface area contributed by atoms with Crippen LogP contribution in [0.15, 0.2) is 206 Å². The fourth-order valence-electron chi connectivity index (χ4n) is 11.3. The predicted octanol–water partition coefficient (Wildman–Crippen LogP) is 14.3. The number of carbonyl (C=O) groups is 2. The quantitative estimate of drug-likeness (QED) is 0.0870. The molecule has 2 N–H and O–H groups in total. The van der Waals surface area contributed by atoms with Crippen molar-refractivity contribution in [1.82, 2.24) is 0 Å². The average molecular weight is 1180 g/mol. The molecule has 0 aliphatic carbocycles. The number of rotatable bonds is 16. The van der Waals surface area contributed by atoms with Gasteiger partial charge in [-0.1, -0.05) is 48.5 Å². The molecule has 10 aromatic carbocycles. The lowest BCUT2D eigenvalue weighted by molar-refractivity contribution is 0.0213. The number of phenolic OH excluding ortho intramolecular Hbond substituents is 2. The summed E-state index contributed by atoms with van der Waals surface area (Å²) in [6, 6.07) is 61.7. The van der Waals surface area contributed by atoms with E-state index >= 15 is 0 Å². The Hall–Kier alpha value is -11.3. The molecule has 10 aromatic rings. The van der Waals surface area contributed by atoms with E-state index in [9.17, 15) is 19.8 Å². The van der Waals surface area contributed by atoms with E-state index in [-0.39, 0.29) is 11.5 Å². The first-order chi connectivity index (χ1) is 42.9. The summed E-state index contributed by atoms with van der Waals surface area (Å²) >= 11 is 0. The molecule has 4 aliphatic heterocycles. The molecule has 88 heavy (non-hydrogen) atoms. The Morgan fingerprint density at radius 1 is 0.307 bits per heavy atom. The Labute approximate surface area is 506 Å². The van der Waals surface area contributed by atoms with Crippen molar-refractivity contribution in [2.24, 2.45) is 0 Å². The molecule has 0 bridgehead atoms. The zero-order valence-corrected chi connectivity index (χ0v) is 48.1. The van der Waals surface area contributed by atoms with Crippen molar-refractivity contribution in [3.63, 3.8) is 0 Å². The number of fused-ring (bicyclic) bond motifs is 12. The molecule has 0 saturated heterocycles. The molecule has 0 saturated carbocycles. The summed E-state index contributed by atoms with van der Waals surface area (Å²) in [6.45, 7) is 1.34. The molecule has 0 unspecified atom stereocenters. The molecule has 16 nitrogen and oxygen atoms in total. The molecule has 0 fully saturated rings. The van der Waals surface area contributed by atoms with Crippen molar-refractivity contribution in [3.8, 4) is 80.5 Å². The monoisotopic (exact) mass is 1180 g/mol. The standard InChI is InChI=1S/2C36H28O8/c1-39-25-8-3-22(4-9-25)20-41-27-12-15-31-33(18-27)43-34-19-28(42-21-23-5-10-26(40-2)11-6-23)13-16-32(34)36(31)30-14-7-24(37)17-29(30)35(38)44-36;1-39-25-8-3-22(4-9-25)20-41-27-12-15-30-33(18-27)43-34-19-28(42-21-23-5-10-26(40-2)11-6-23)13-16-31(34)36(30)32-17-24(37)7-14-29(32)35(38)44-36/h2*3-19,37H,20-21H2,1-2H3. The van der Waals surface area contributed by atoms with Gasteiger partial charge in [0, 0.05) is 57.6 Å². The van der Waals surface area contributed by atoms with Crippen molar-refractivity contribution in [2.75, 3.05) is 28.4 Å². The van der Waals surface area contributed by atoms with E-state index in [1.807, 2.05) is 146 Å². The minimum Gasteiger partial charge on any atom is -0.508 e. The summed E-state index contributed by atoms with van der Waals surface area (Å²) in [5.41, 5.74) is 5.62. The number of ether oxygens (including phenoxy) is 12. The first-order valence-corrected chi connectivity index (χ1v) is 28.0. The summed E-state index contributed by atoms with van der Waals surface area (Å²) < 4.78 is 70.7. The van der Waals surface area contributed by atoms with Gasteiger partial charge in [-0.3, -0.25) is 0 Å². The van der Waals surface area contributed by atoms with Crippen molar-refractivity contribution in [1.29, 1.82) is 0 Å². The van der Waals surface area contributed by atoms with E-state index in [2.05, 4.69) is 0 Å². The van der Waals surface area contributed by atoms with Gasteiger partial charge in [-0.05, 0) is 156 Å². The SMILES string of the molecule is COc1ccc(COc2ccc3c(c2)Oc2cc(OCc4ccc(OC)cc4)ccc2C32OC(=O)c3cc(O)ccc32)cc1.COc1ccc(COc2ccc3c(c2)Oc2cc(OCc4ccc(OC)cc4)ccc2C32OC(=O)c3ccc(O)cc32)cc1. The van der Waals surface area contributed by atoms with Gasteiger partial charge in [-0.15, -0.1) is 0 Å². The second-order valence-corrected chi connectivity index (χ2v) is 21.0. The van der Waals surface area contributed by atoms with Gasteiger partial charge < -0.3 is 67.1 Å². The molecule has 0 amide bonds. The molecule has 440 valence electrons. The number of phenols is 2. The Morgan fingerprint density at radius 3 is 0.932 bits per heavy atom. The first-order valence-electron chi connectivity index (χ1n) is 28.0. The lowest BCUT2D eigenvalue weighted by atomic mass is 9.77. The fourth-order valence-corrected chi connectivity index (χ4v) is 11.3. The van der Waals surface area contributed by atoms with Crippen LogP contribution in [0.2, 0.25) is 0 Å². The maximum absolute atomic E-state index is 13.2. The van der Waals surface area contributed by atoms with Crippen molar-refractivity contribution in [2.45, 2.75) is 37.6 Å². The second-order valence-electron chi connectivity index (χ2n) is 21.0. The molecule has 2 spiro atoms. The van der Waals surface area contributed by atoms with Gasteiger partial charge in [-0.25, -0.2) is 9.59 Å². The molecule has 0 aromatic heterocycles. The second kappa shape index (κ2) is 23.3. The Balaban J connectivity index is 0.000000162. The molecule has 0 radical (unpaired) electrons. The number of methoxy groups -OCH3 is 4. The normalized spacial score (nSPS) is 13.6. The topological polar surface area (TPSA) is 185 Å². The van der Waals surface area contributed by atoms with Gasteiger partial charge in [0.15, 0.2) is 11.2 Å².